The van der Waals surface area contributed by atoms with Crippen molar-refractivity contribution in [1.29, 1.82) is 0 Å². The van der Waals surface area contributed by atoms with Gasteiger partial charge in [-0.1, -0.05) is 0 Å². The molecule has 1 aliphatic heterocycles. The number of carbonyl (C=O) groups is 1. The zero-order valence-corrected chi connectivity index (χ0v) is 15.0. The van der Waals surface area contributed by atoms with Gasteiger partial charge >= 0.3 is 0 Å². The molecule has 1 saturated heterocycles. The summed E-state index contributed by atoms with van der Waals surface area (Å²) in [6, 6.07) is 0. The van der Waals surface area contributed by atoms with E-state index in [1.807, 2.05) is 10.8 Å². The molecular weight excluding hydrogens is 338 g/mol. The van der Waals surface area contributed by atoms with Crippen molar-refractivity contribution >= 4 is 5.91 Å². The number of nitrogens with zero attached hydrogens (tertiary/aromatic N) is 5. The van der Waals surface area contributed by atoms with Gasteiger partial charge in [0, 0.05) is 38.4 Å². The monoisotopic (exact) mass is 361 g/mol. The lowest BCUT2D eigenvalue weighted by Crippen LogP contribution is -2.45. The highest BCUT2D eigenvalue weighted by atomic mass is 16.5. The molecule has 0 atom stereocenters. The molecule has 26 heavy (non-hydrogen) atoms. The second-order valence-electron chi connectivity index (χ2n) is 6.23. The molecule has 0 spiro atoms. The molecule has 2 aromatic rings. The topological polar surface area (TPSA) is 103 Å². The van der Waals surface area contributed by atoms with Gasteiger partial charge in [-0.3, -0.25) is 4.79 Å². The van der Waals surface area contributed by atoms with E-state index < -0.39 is 5.60 Å². The smallest absolute Gasteiger partial charge is 0.241 e. The first-order chi connectivity index (χ1) is 12.6. The van der Waals surface area contributed by atoms with Crippen LogP contribution in [0.3, 0.4) is 0 Å². The first-order valence-electron chi connectivity index (χ1n) is 8.47. The maximum absolute atomic E-state index is 12.4. The Morgan fingerprint density at radius 1 is 1.31 bits per heavy atom. The standard InChI is InChI=1S/C17H23N5O4/c1-25-13-11-19-15(16(20-13)26-2)17(24)4-8-22(9-5-17)14(23)3-7-21-10-6-18-12-21/h6,10-12,24H,3-5,7-9H2,1-2H3. The number of aromatic nitrogens is 4. The van der Waals surface area contributed by atoms with E-state index >= 15 is 0 Å². The van der Waals surface area contributed by atoms with E-state index in [0.29, 0.717) is 50.5 Å². The summed E-state index contributed by atoms with van der Waals surface area (Å²) in [4.78, 5) is 26.6. The maximum atomic E-state index is 12.4. The van der Waals surface area contributed by atoms with Gasteiger partial charge in [-0.25, -0.2) is 9.97 Å². The third kappa shape index (κ3) is 3.77. The van der Waals surface area contributed by atoms with Crippen LogP contribution in [0.4, 0.5) is 0 Å². The SMILES string of the molecule is COc1cnc(C2(O)CCN(C(=O)CCn3ccnc3)CC2)c(OC)n1. The summed E-state index contributed by atoms with van der Waals surface area (Å²) in [7, 11) is 2.97. The van der Waals surface area contributed by atoms with Crippen molar-refractivity contribution in [3.8, 4) is 11.8 Å². The fraction of sp³-hybridized carbons (Fsp3) is 0.529. The normalized spacial score (nSPS) is 16.3. The zero-order chi connectivity index (χ0) is 18.6. The van der Waals surface area contributed by atoms with Crippen molar-refractivity contribution < 1.29 is 19.4 Å². The lowest BCUT2D eigenvalue weighted by atomic mass is 9.88. The lowest BCUT2D eigenvalue weighted by molar-refractivity contribution is -0.136. The molecule has 0 saturated carbocycles. The van der Waals surface area contributed by atoms with Crippen molar-refractivity contribution in [3.63, 3.8) is 0 Å². The van der Waals surface area contributed by atoms with Gasteiger partial charge in [-0.2, -0.15) is 4.98 Å². The van der Waals surface area contributed by atoms with E-state index in [-0.39, 0.29) is 11.8 Å². The predicted molar refractivity (Wildman–Crippen MR) is 91.7 cm³/mol. The highest BCUT2D eigenvalue weighted by Crippen LogP contribution is 2.36. The molecular formula is C17H23N5O4. The number of methoxy groups -OCH3 is 2. The number of hydrogen-bond acceptors (Lipinski definition) is 7. The highest BCUT2D eigenvalue weighted by molar-refractivity contribution is 5.76. The Balaban J connectivity index is 1.62. The van der Waals surface area contributed by atoms with Crippen molar-refractivity contribution in [1.82, 2.24) is 24.4 Å². The molecule has 3 rings (SSSR count). The van der Waals surface area contributed by atoms with Crippen molar-refractivity contribution in [2.24, 2.45) is 0 Å². The Hall–Kier alpha value is -2.68. The number of hydrogen-bond donors (Lipinski definition) is 1. The van der Waals surface area contributed by atoms with Crippen LogP contribution in [0.1, 0.15) is 25.0 Å². The maximum Gasteiger partial charge on any atom is 0.241 e. The number of rotatable bonds is 6. The van der Waals surface area contributed by atoms with Crippen LogP contribution in [0.2, 0.25) is 0 Å². The number of piperidine rings is 1. The molecule has 9 heteroatoms. The van der Waals surface area contributed by atoms with E-state index in [1.54, 1.807) is 17.4 Å². The Labute approximate surface area is 151 Å². The van der Waals surface area contributed by atoms with E-state index in [9.17, 15) is 9.90 Å². The largest absolute Gasteiger partial charge is 0.480 e. The Morgan fingerprint density at radius 3 is 2.69 bits per heavy atom. The zero-order valence-electron chi connectivity index (χ0n) is 15.0. The average Bonchev–Trinajstić information content (AvgIpc) is 3.19. The number of aliphatic hydroxyl groups is 1. The minimum atomic E-state index is -1.17. The van der Waals surface area contributed by atoms with Gasteiger partial charge in [-0.05, 0) is 12.8 Å². The molecule has 0 bridgehead atoms. The number of imidazole rings is 1. The molecule has 0 unspecified atom stereocenters. The van der Waals surface area contributed by atoms with Crippen LogP contribution in [0, 0.1) is 0 Å². The summed E-state index contributed by atoms with van der Waals surface area (Å²) < 4.78 is 12.2. The van der Waals surface area contributed by atoms with Crippen LogP contribution in [-0.4, -0.2) is 62.7 Å². The third-order valence-electron chi connectivity index (χ3n) is 4.65. The van der Waals surface area contributed by atoms with Crippen LogP contribution in [-0.2, 0) is 16.9 Å². The molecule has 1 amide bonds. The summed E-state index contributed by atoms with van der Waals surface area (Å²) in [6.07, 6.45) is 7.82. The molecule has 140 valence electrons. The summed E-state index contributed by atoms with van der Waals surface area (Å²) in [6.45, 7) is 1.50. The van der Waals surface area contributed by atoms with Gasteiger partial charge < -0.3 is 24.0 Å². The van der Waals surface area contributed by atoms with Crippen molar-refractivity contribution in [2.45, 2.75) is 31.4 Å². The Morgan fingerprint density at radius 2 is 2.08 bits per heavy atom. The minimum absolute atomic E-state index is 0.0635. The predicted octanol–water partition coefficient (Wildman–Crippen LogP) is 0.591. The molecule has 0 aromatic carbocycles. The molecule has 0 aliphatic carbocycles. The molecule has 1 aliphatic rings. The van der Waals surface area contributed by atoms with Crippen molar-refractivity contribution in [2.75, 3.05) is 27.3 Å². The Kier molecular flexibility index (Phi) is 5.36. The van der Waals surface area contributed by atoms with Crippen LogP contribution in [0.15, 0.2) is 24.9 Å². The van der Waals surface area contributed by atoms with Crippen molar-refractivity contribution in [3.05, 3.63) is 30.6 Å². The fourth-order valence-corrected chi connectivity index (χ4v) is 3.08. The van der Waals surface area contributed by atoms with Gasteiger partial charge in [0.2, 0.25) is 17.7 Å². The van der Waals surface area contributed by atoms with Gasteiger partial charge in [0.1, 0.15) is 11.3 Å². The van der Waals surface area contributed by atoms with Crippen LogP contribution < -0.4 is 9.47 Å². The number of aryl methyl sites for hydroxylation is 1. The molecule has 3 heterocycles. The summed E-state index contributed by atoms with van der Waals surface area (Å²) in [5, 5.41) is 11.0. The van der Waals surface area contributed by atoms with E-state index in [4.69, 9.17) is 9.47 Å². The third-order valence-corrected chi connectivity index (χ3v) is 4.65. The van der Waals surface area contributed by atoms with Crippen LogP contribution >= 0.6 is 0 Å². The van der Waals surface area contributed by atoms with Gasteiger partial charge in [0.25, 0.3) is 0 Å². The number of likely N-dealkylation sites (tertiary alicyclic amines) is 1. The van der Waals surface area contributed by atoms with E-state index in [2.05, 4.69) is 15.0 Å². The summed E-state index contributed by atoms with van der Waals surface area (Å²) in [5.41, 5.74) is -0.794. The molecule has 1 N–H and O–H groups in total. The Bertz CT molecular complexity index is 742. The van der Waals surface area contributed by atoms with Gasteiger partial charge in [0.15, 0.2) is 0 Å². The second kappa shape index (κ2) is 7.69. The average molecular weight is 361 g/mol. The molecule has 2 aromatic heterocycles. The minimum Gasteiger partial charge on any atom is -0.480 e. The highest BCUT2D eigenvalue weighted by Gasteiger charge is 2.39. The second-order valence-corrected chi connectivity index (χ2v) is 6.23. The first-order valence-corrected chi connectivity index (χ1v) is 8.47. The van der Waals surface area contributed by atoms with Gasteiger partial charge in [0.05, 0.1) is 26.7 Å². The van der Waals surface area contributed by atoms with Crippen LogP contribution in [0.5, 0.6) is 11.8 Å². The fourth-order valence-electron chi connectivity index (χ4n) is 3.08. The quantitative estimate of drug-likeness (QED) is 0.803. The number of ether oxygens (including phenoxy) is 2. The molecule has 1 fully saturated rings. The molecule has 0 radical (unpaired) electrons. The lowest BCUT2D eigenvalue weighted by Gasteiger charge is -2.38. The summed E-state index contributed by atoms with van der Waals surface area (Å²) >= 11 is 0. The number of amides is 1. The van der Waals surface area contributed by atoms with E-state index in [1.165, 1.54) is 20.4 Å². The van der Waals surface area contributed by atoms with Crippen LogP contribution in [0.25, 0.3) is 0 Å². The molecule has 9 nitrogen and oxygen atoms in total. The van der Waals surface area contributed by atoms with Gasteiger partial charge in [-0.15, -0.1) is 0 Å². The summed E-state index contributed by atoms with van der Waals surface area (Å²) in [5.74, 6) is 0.626. The first kappa shape index (κ1) is 18.1. The van der Waals surface area contributed by atoms with E-state index in [0.717, 1.165) is 0 Å². The number of carbonyl (C=O) groups excluding carboxylic acids is 1.